The molecule has 0 unspecified atom stereocenters. The minimum absolute atomic E-state index is 0.307. The van der Waals surface area contributed by atoms with Gasteiger partial charge in [-0.25, -0.2) is 9.97 Å². The number of aliphatic carboxylic acids is 1. The molecule has 1 aliphatic rings. The highest BCUT2D eigenvalue weighted by Crippen LogP contribution is 2.29. The molecular weight excluding hydrogens is 268 g/mol. The van der Waals surface area contributed by atoms with Crippen molar-refractivity contribution in [2.45, 2.75) is 13.8 Å². The molecule has 3 rings (SSSR count). The topological polar surface area (TPSA) is 79.2 Å². The Morgan fingerprint density at radius 1 is 1.29 bits per heavy atom. The molecule has 6 nitrogen and oxygen atoms in total. The number of hydrogen-bond donors (Lipinski definition) is 1. The Kier molecular flexibility index (Phi) is 3.29. The van der Waals surface area contributed by atoms with Gasteiger partial charge in [0.1, 0.15) is 11.5 Å². The number of aryl methyl sites for hydroxylation is 1. The molecule has 0 aromatic carbocycles. The third-order valence-corrected chi connectivity index (χ3v) is 3.79. The number of pyridine rings is 1. The fourth-order valence-electron chi connectivity index (χ4n) is 2.34. The highest BCUT2D eigenvalue weighted by Gasteiger charge is 2.34. The fraction of sp³-hybridized carbons (Fsp3) is 0.333. The SMILES string of the molecule is Cc1nc(-c2ccccn2)nc(N2CC(C(=O)O)C2)c1C. The predicted octanol–water partition coefficient (Wildman–Crippen LogP) is 1.68. The quantitative estimate of drug-likeness (QED) is 0.923. The van der Waals surface area contributed by atoms with E-state index < -0.39 is 5.97 Å². The molecule has 0 spiro atoms. The molecule has 21 heavy (non-hydrogen) atoms. The summed E-state index contributed by atoms with van der Waals surface area (Å²) in [4.78, 5) is 26.2. The zero-order chi connectivity index (χ0) is 15.0. The number of nitrogens with zero attached hydrogens (tertiary/aromatic N) is 4. The van der Waals surface area contributed by atoms with Gasteiger partial charge in [-0.2, -0.15) is 0 Å². The van der Waals surface area contributed by atoms with E-state index in [1.165, 1.54) is 0 Å². The van der Waals surface area contributed by atoms with E-state index in [2.05, 4.69) is 15.0 Å². The zero-order valence-corrected chi connectivity index (χ0v) is 11.9. The number of aromatic nitrogens is 3. The van der Waals surface area contributed by atoms with Crippen LogP contribution in [0, 0.1) is 19.8 Å². The number of rotatable bonds is 3. The molecule has 2 aromatic rings. The van der Waals surface area contributed by atoms with Crippen molar-refractivity contribution in [1.82, 2.24) is 15.0 Å². The van der Waals surface area contributed by atoms with Crippen molar-refractivity contribution in [3.05, 3.63) is 35.7 Å². The number of carbonyl (C=O) groups is 1. The lowest BCUT2D eigenvalue weighted by molar-refractivity contribution is -0.142. The van der Waals surface area contributed by atoms with Crippen LogP contribution < -0.4 is 4.90 Å². The first-order valence-electron chi connectivity index (χ1n) is 6.80. The van der Waals surface area contributed by atoms with Gasteiger partial charge in [-0.3, -0.25) is 9.78 Å². The molecule has 0 bridgehead atoms. The number of anilines is 1. The fourth-order valence-corrected chi connectivity index (χ4v) is 2.34. The van der Waals surface area contributed by atoms with Gasteiger partial charge in [0.25, 0.3) is 0 Å². The minimum atomic E-state index is -0.750. The molecule has 1 fully saturated rings. The van der Waals surface area contributed by atoms with Crippen LogP contribution in [0.3, 0.4) is 0 Å². The molecular formula is C15H16N4O2. The molecule has 0 radical (unpaired) electrons. The molecule has 0 atom stereocenters. The van der Waals surface area contributed by atoms with Crippen LogP contribution in [0.25, 0.3) is 11.5 Å². The van der Waals surface area contributed by atoms with Crippen LogP contribution in [0.2, 0.25) is 0 Å². The van der Waals surface area contributed by atoms with Gasteiger partial charge in [0.15, 0.2) is 5.82 Å². The maximum absolute atomic E-state index is 10.9. The van der Waals surface area contributed by atoms with Crippen molar-refractivity contribution >= 4 is 11.8 Å². The summed E-state index contributed by atoms with van der Waals surface area (Å²) in [7, 11) is 0. The lowest BCUT2D eigenvalue weighted by atomic mass is 10.00. The number of carboxylic acid groups (broad SMARTS) is 1. The Morgan fingerprint density at radius 3 is 2.67 bits per heavy atom. The summed E-state index contributed by atoms with van der Waals surface area (Å²) in [5.74, 6) is 0.325. The second-order valence-corrected chi connectivity index (χ2v) is 5.24. The molecule has 1 N–H and O–H groups in total. The summed E-state index contributed by atoms with van der Waals surface area (Å²) >= 11 is 0. The van der Waals surface area contributed by atoms with E-state index in [4.69, 9.17) is 5.11 Å². The Morgan fingerprint density at radius 2 is 2.05 bits per heavy atom. The predicted molar refractivity (Wildman–Crippen MR) is 78.1 cm³/mol. The maximum Gasteiger partial charge on any atom is 0.310 e. The summed E-state index contributed by atoms with van der Waals surface area (Å²) in [5, 5.41) is 8.98. The highest BCUT2D eigenvalue weighted by atomic mass is 16.4. The summed E-state index contributed by atoms with van der Waals surface area (Å²) in [6, 6.07) is 5.60. The minimum Gasteiger partial charge on any atom is -0.481 e. The van der Waals surface area contributed by atoms with E-state index in [1.807, 2.05) is 36.9 Å². The van der Waals surface area contributed by atoms with Gasteiger partial charge in [0.2, 0.25) is 0 Å². The average molecular weight is 284 g/mol. The van der Waals surface area contributed by atoms with Crippen molar-refractivity contribution in [3.8, 4) is 11.5 Å². The summed E-state index contributed by atoms with van der Waals surface area (Å²) in [6.07, 6.45) is 1.71. The van der Waals surface area contributed by atoms with Crippen LogP contribution in [0.1, 0.15) is 11.3 Å². The summed E-state index contributed by atoms with van der Waals surface area (Å²) in [5.41, 5.74) is 2.59. The van der Waals surface area contributed by atoms with Crippen LogP contribution in [-0.4, -0.2) is 39.1 Å². The molecule has 1 aliphatic heterocycles. The average Bonchev–Trinajstić information content (AvgIpc) is 2.42. The molecule has 3 heterocycles. The van der Waals surface area contributed by atoms with Gasteiger partial charge >= 0.3 is 5.97 Å². The first-order valence-corrected chi connectivity index (χ1v) is 6.80. The standard InChI is InChI=1S/C15H16N4O2/c1-9-10(2)17-13(12-5-3-4-6-16-12)18-14(9)19-7-11(8-19)15(20)21/h3-6,11H,7-8H2,1-2H3,(H,20,21). The third kappa shape index (κ3) is 2.44. The Labute approximate surface area is 122 Å². The molecule has 6 heteroatoms. The van der Waals surface area contributed by atoms with E-state index in [9.17, 15) is 4.79 Å². The monoisotopic (exact) mass is 284 g/mol. The first kappa shape index (κ1) is 13.5. The largest absolute Gasteiger partial charge is 0.481 e. The van der Waals surface area contributed by atoms with Gasteiger partial charge in [0, 0.05) is 30.5 Å². The van der Waals surface area contributed by atoms with Crippen molar-refractivity contribution in [3.63, 3.8) is 0 Å². The van der Waals surface area contributed by atoms with Gasteiger partial charge in [-0.15, -0.1) is 0 Å². The van der Waals surface area contributed by atoms with Crippen molar-refractivity contribution < 1.29 is 9.90 Å². The summed E-state index contributed by atoms with van der Waals surface area (Å²) < 4.78 is 0. The zero-order valence-electron chi connectivity index (χ0n) is 11.9. The van der Waals surface area contributed by atoms with Gasteiger partial charge < -0.3 is 10.0 Å². The van der Waals surface area contributed by atoms with Crippen LogP contribution in [0.15, 0.2) is 24.4 Å². The lowest BCUT2D eigenvalue weighted by Crippen LogP contribution is -2.51. The van der Waals surface area contributed by atoms with Crippen molar-refractivity contribution in [2.24, 2.45) is 5.92 Å². The van der Waals surface area contributed by atoms with E-state index in [0.29, 0.717) is 18.9 Å². The van der Waals surface area contributed by atoms with Crippen LogP contribution in [0.4, 0.5) is 5.82 Å². The molecule has 0 amide bonds. The van der Waals surface area contributed by atoms with E-state index >= 15 is 0 Å². The molecule has 108 valence electrons. The molecule has 1 saturated heterocycles. The van der Waals surface area contributed by atoms with Gasteiger partial charge in [0.05, 0.1) is 5.92 Å². The van der Waals surface area contributed by atoms with E-state index in [-0.39, 0.29) is 5.92 Å². The van der Waals surface area contributed by atoms with Gasteiger partial charge in [-0.05, 0) is 26.0 Å². The van der Waals surface area contributed by atoms with E-state index in [0.717, 1.165) is 22.8 Å². The first-order chi connectivity index (χ1) is 10.1. The van der Waals surface area contributed by atoms with Gasteiger partial charge in [-0.1, -0.05) is 6.07 Å². The van der Waals surface area contributed by atoms with Crippen LogP contribution >= 0.6 is 0 Å². The Bertz CT molecular complexity index is 682. The van der Waals surface area contributed by atoms with Crippen molar-refractivity contribution in [1.29, 1.82) is 0 Å². The second kappa shape index (κ2) is 5.12. The lowest BCUT2D eigenvalue weighted by Gasteiger charge is -2.38. The second-order valence-electron chi connectivity index (χ2n) is 5.24. The van der Waals surface area contributed by atoms with Crippen molar-refractivity contribution in [2.75, 3.05) is 18.0 Å². The van der Waals surface area contributed by atoms with E-state index in [1.54, 1.807) is 6.20 Å². The highest BCUT2D eigenvalue weighted by molar-refractivity contribution is 5.74. The molecule has 0 saturated carbocycles. The number of hydrogen-bond acceptors (Lipinski definition) is 5. The normalized spacial score (nSPS) is 14.9. The Balaban J connectivity index is 1.94. The maximum atomic E-state index is 10.9. The third-order valence-electron chi connectivity index (χ3n) is 3.79. The van der Waals surface area contributed by atoms with Crippen LogP contribution in [0.5, 0.6) is 0 Å². The van der Waals surface area contributed by atoms with Crippen LogP contribution in [-0.2, 0) is 4.79 Å². The molecule has 0 aliphatic carbocycles. The molecule has 2 aromatic heterocycles. The Hall–Kier alpha value is -2.50. The number of carboxylic acids is 1. The smallest absolute Gasteiger partial charge is 0.310 e. The summed E-state index contributed by atoms with van der Waals surface area (Å²) in [6.45, 7) is 4.88.